The number of hydrogen-bond donors (Lipinski definition) is 3. The summed E-state index contributed by atoms with van der Waals surface area (Å²) < 4.78 is 5.36. The molecule has 1 aromatic heterocycles. The maximum atomic E-state index is 10.1. The van der Waals surface area contributed by atoms with Crippen molar-refractivity contribution in [2.45, 2.75) is 6.92 Å². The van der Waals surface area contributed by atoms with E-state index < -0.39 is 0 Å². The molecule has 1 aromatic carbocycles. The summed E-state index contributed by atoms with van der Waals surface area (Å²) in [5, 5.41) is 23.3. The predicted octanol–water partition coefficient (Wildman–Crippen LogP) is 0.744. The summed E-state index contributed by atoms with van der Waals surface area (Å²) in [7, 11) is 0. The van der Waals surface area contributed by atoms with Crippen LogP contribution in [-0.4, -0.2) is 52.2 Å². The molecule has 0 amide bonds. The van der Waals surface area contributed by atoms with Gasteiger partial charge in [-0.05, 0) is 19.1 Å². The second-order valence-corrected chi connectivity index (χ2v) is 5.44. The second-order valence-electron chi connectivity index (χ2n) is 5.44. The van der Waals surface area contributed by atoms with E-state index in [2.05, 4.69) is 20.0 Å². The molecule has 0 aliphatic carbocycles. The van der Waals surface area contributed by atoms with Crippen LogP contribution in [0.2, 0.25) is 0 Å². The van der Waals surface area contributed by atoms with Crippen molar-refractivity contribution in [1.82, 2.24) is 9.97 Å². The summed E-state index contributed by atoms with van der Waals surface area (Å²) in [6.07, 6.45) is 0. The molecule has 1 aliphatic rings. The maximum Gasteiger partial charge on any atom is 0.133 e. The third kappa shape index (κ3) is 3.23. The third-order valence-corrected chi connectivity index (χ3v) is 3.77. The van der Waals surface area contributed by atoms with Gasteiger partial charge in [-0.25, -0.2) is 9.97 Å². The lowest BCUT2D eigenvalue weighted by Gasteiger charge is -2.28. The van der Waals surface area contributed by atoms with Crippen LogP contribution < -0.4 is 10.7 Å². The number of phenols is 2. The first-order chi connectivity index (χ1) is 11.6. The monoisotopic (exact) mass is 329 g/mol. The van der Waals surface area contributed by atoms with Crippen LogP contribution in [0.25, 0.3) is 0 Å². The highest BCUT2D eigenvalue weighted by Gasteiger charge is 2.18. The van der Waals surface area contributed by atoms with E-state index >= 15 is 0 Å². The summed E-state index contributed by atoms with van der Waals surface area (Å²) >= 11 is 0. The zero-order valence-corrected chi connectivity index (χ0v) is 13.3. The van der Waals surface area contributed by atoms with Crippen molar-refractivity contribution < 1.29 is 14.9 Å². The van der Waals surface area contributed by atoms with Crippen LogP contribution >= 0.6 is 0 Å². The summed E-state index contributed by atoms with van der Waals surface area (Å²) in [6, 6.07) is 6.02. The van der Waals surface area contributed by atoms with Gasteiger partial charge in [-0.15, -0.1) is 0 Å². The van der Waals surface area contributed by atoms with Crippen LogP contribution in [-0.2, 0) is 4.74 Å². The molecule has 8 nitrogen and oxygen atoms in total. The fourth-order valence-corrected chi connectivity index (χ4v) is 2.62. The normalized spacial score (nSPS) is 15.5. The minimum atomic E-state index is -0.122. The molecule has 0 bridgehead atoms. The van der Waals surface area contributed by atoms with E-state index in [1.54, 1.807) is 19.1 Å². The van der Waals surface area contributed by atoms with Crippen molar-refractivity contribution in [3.63, 3.8) is 0 Å². The van der Waals surface area contributed by atoms with Gasteiger partial charge in [-0.2, -0.15) is 5.10 Å². The number of anilines is 1. The number of benzene rings is 1. The Morgan fingerprint density at radius 1 is 1.21 bits per heavy atom. The van der Waals surface area contributed by atoms with Crippen LogP contribution in [0, 0.1) is 6.92 Å². The Bertz CT molecular complexity index is 772. The lowest BCUT2D eigenvalue weighted by atomic mass is 10.1. The first-order valence-electron chi connectivity index (χ1n) is 7.57. The summed E-state index contributed by atoms with van der Waals surface area (Å²) in [5.41, 5.74) is 1.22. The van der Waals surface area contributed by atoms with E-state index in [-0.39, 0.29) is 11.5 Å². The number of phenolic OH excluding ortho intramolecular Hbond substituents is 2. The number of hydrogen-bond acceptors (Lipinski definition) is 8. The molecular weight excluding hydrogens is 310 g/mol. The number of aromatic nitrogens is 2. The smallest absolute Gasteiger partial charge is 0.133 e. The van der Waals surface area contributed by atoms with Crippen molar-refractivity contribution in [2.24, 2.45) is 10.9 Å². The van der Waals surface area contributed by atoms with Crippen molar-refractivity contribution in [3.8, 4) is 11.5 Å². The molecule has 0 saturated carbocycles. The third-order valence-electron chi connectivity index (χ3n) is 3.77. The van der Waals surface area contributed by atoms with Gasteiger partial charge in [0.25, 0.3) is 0 Å². The predicted molar refractivity (Wildman–Crippen MR) is 89.4 cm³/mol. The average Bonchev–Trinajstić information content (AvgIpc) is 2.58. The van der Waals surface area contributed by atoms with E-state index in [4.69, 9.17) is 10.6 Å². The van der Waals surface area contributed by atoms with Gasteiger partial charge in [0.05, 0.1) is 18.9 Å². The maximum absolute atomic E-state index is 10.1. The SMILES string of the molecule is Cc1nc(/C(=N/N)c2ccc(O)cc2O)cc(N2CCOCC2)n1. The zero-order valence-electron chi connectivity index (χ0n) is 13.3. The van der Waals surface area contributed by atoms with Gasteiger partial charge < -0.3 is 25.7 Å². The Hall–Kier alpha value is -2.87. The number of aryl methyl sites for hydroxylation is 1. The van der Waals surface area contributed by atoms with E-state index in [1.165, 1.54) is 12.1 Å². The average molecular weight is 329 g/mol. The molecule has 8 heteroatoms. The Balaban J connectivity index is 2.01. The molecule has 0 spiro atoms. The number of aromatic hydroxyl groups is 2. The van der Waals surface area contributed by atoms with E-state index in [0.717, 1.165) is 18.9 Å². The lowest BCUT2D eigenvalue weighted by Crippen LogP contribution is -2.37. The summed E-state index contributed by atoms with van der Waals surface area (Å²) in [6.45, 7) is 4.58. The Labute approximate surface area is 139 Å². The van der Waals surface area contributed by atoms with Crippen LogP contribution in [0.4, 0.5) is 5.82 Å². The molecule has 24 heavy (non-hydrogen) atoms. The summed E-state index contributed by atoms with van der Waals surface area (Å²) in [5.74, 6) is 6.72. The van der Waals surface area contributed by atoms with E-state index in [9.17, 15) is 10.2 Å². The zero-order chi connectivity index (χ0) is 17.1. The van der Waals surface area contributed by atoms with Crippen molar-refractivity contribution in [2.75, 3.05) is 31.2 Å². The van der Waals surface area contributed by atoms with Gasteiger partial charge in [0.1, 0.15) is 28.9 Å². The van der Waals surface area contributed by atoms with Crippen LogP contribution in [0.5, 0.6) is 11.5 Å². The first kappa shape index (κ1) is 16.0. The van der Waals surface area contributed by atoms with E-state index in [0.29, 0.717) is 36.0 Å². The fourth-order valence-electron chi connectivity index (χ4n) is 2.62. The highest BCUT2D eigenvalue weighted by molar-refractivity contribution is 6.13. The van der Waals surface area contributed by atoms with Gasteiger partial charge in [-0.3, -0.25) is 0 Å². The number of ether oxygens (including phenoxy) is 1. The van der Waals surface area contributed by atoms with Crippen molar-refractivity contribution in [3.05, 3.63) is 41.3 Å². The van der Waals surface area contributed by atoms with Gasteiger partial charge in [-0.1, -0.05) is 0 Å². The molecule has 3 rings (SSSR count). The Kier molecular flexibility index (Phi) is 4.48. The van der Waals surface area contributed by atoms with Crippen molar-refractivity contribution in [1.29, 1.82) is 0 Å². The molecule has 0 unspecified atom stereocenters. The first-order valence-corrected chi connectivity index (χ1v) is 7.57. The Morgan fingerprint density at radius 2 is 1.96 bits per heavy atom. The lowest BCUT2D eigenvalue weighted by molar-refractivity contribution is 0.122. The molecule has 2 aromatic rings. The van der Waals surface area contributed by atoms with Crippen LogP contribution in [0.15, 0.2) is 29.4 Å². The number of rotatable bonds is 3. The van der Waals surface area contributed by atoms with Gasteiger partial charge in [0.15, 0.2) is 0 Å². The minimum absolute atomic E-state index is 0.0412. The van der Waals surface area contributed by atoms with E-state index in [1.807, 2.05) is 0 Å². The molecule has 4 N–H and O–H groups in total. The number of hydrazone groups is 1. The summed E-state index contributed by atoms with van der Waals surface area (Å²) in [4.78, 5) is 11.0. The molecular formula is C16H19N5O3. The Morgan fingerprint density at radius 3 is 2.62 bits per heavy atom. The molecule has 1 aliphatic heterocycles. The number of nitrogens with zero attached hydrogens (tertiary/aromatic N) is 4. The molecule has 126 valence electrons. The quantitative estimate of drug-likeness (QED) is 0.432. The molecule has 1 fully saturated rings. The number of nitrogens with two attached hydrogens (primary N) is 1. The highest BCUT2D eigenvalue weighted by atomic mass is 16.5. The molecule has 0 radical (unpaired) electrons. The standard InChI is InChI=1S/C16H19N5O3/c1-10-18-13(9-15(19-10)21-4-6-24-7-5-21)16(20-17)12-3-2-11(22)8-14(12)23/h2-3,8-9,22-23H,4-7,17H2,1H3/b20-16+. The number of morpholine rings is 1. The van der Waals surface area contributed by atoms with Gasteiger partial charge >= 0.3 is 0 Å². The van der Waals surface area contributed by atoms with Crippen molar-refractivity contribution >= 4 is 11.5 Å². The fraction of sp³-hybridized carbons (Fsp3) is 0.312. The molecule has 1 saturated heterocycles. The van der Waals surface area contributed by atoms with Gasteiger partial charge in [0.2, 0.25) is 0 Å². The molecule has 0 atom stereocenters. The van der Waals surface area contributed by atoms with Crippen LogP contribution in [0.3, 0.4) is 0 Å². The molecule has 2 heterocycles. The largest absolute Gasteiger partial charge is 0.508 e. The van der Waals surface area contributed by atoms with Crippen LogP contribution in [0.1, 0.15) is 17.1 Å². The highest BCUT2D eigenvalue weighted by Crippen LogP contribution is 2.26. The van der Waals surface area contributed by atoms with Gasteiger partial charge in [0, 0.05) is 30.8 Å². The topological polar surface area (TPSA) is 117 Å². The minimum Gasteiger partial charge on any atom is -0.508 e. The second kappa shape index (κ2) is 6.71.